The minimum absolute atomic E-state index is 0.174. The Labute approximate surface area is 204 Å². The van der Waals surface area contributed by atoms with Crippen molar-refractivity contribution in [2.45, 2.75) is 19.8 Å². The van der Waals surface area contributed by atoms with Gasteiger partial charge in [0.1, 0.15) is 17.2 Å². The maximum absolute atomic E-state index is 12.1. The zero-order valence-electron chi connectivity index (χ0n) is 19.3. The highest BCUT2D eigenvalue weighted by Gasteiger charge is 2.21. The second-order valence-corrected chi connectivity index (χ2v) is 9.03. The first-order valence-corrected chi connectivity index (χ1v) is 12.2. The van der Waals surface area contributed by atoms with Crippen molar-refractivity contribution in [1.82, 2.24) is 4.98 Å². The molecular weight excluding hydrogens is 476 g/mol. The molecule has 0 spiro atoms. The van der Waals surface area contributed by atoms with E-state index in [1.807, 2.05) is 18.2 Å². The Morgan fingerprint density at radius 2 is 1.82 bits per heavy atom. The second kappa shape index (κ2) is 11.0. The minimum atomic E-state index is -3.11. The first kappa shape index (κ1) is 25.1. The topological polar surface area (TPSA) is 95.0 Å². The fourth-order valence-electron chi connectivity index (χ4n) is 3.19. The van der Waals surface area contributed by atoms with E-state index in [-0.39, 0.29) is 28.7 Å². The van der Waals surface area contributed by atoms with E-state index in [4.69, 9.17) is 14.2 Å². The van der Waals surface area contributed by atoms with E-state index in [9.17, 15) is 13.2 Å². The Kier molecular flexibility index (Phi) is 8.15. The summed E-state index contributed by atoms with van der Waals surface area (Å²) in [5.74, 6) is 6.94. The third-order valence-corrected chi connectivity index (χ3v) is 6.38. The number of rotatable bonds is 7. The molecule has 0 aliphatic rings. The molecule has 10 heteroatoms. The van der Waals surface area contributed by atoms with Crippen LogP contribution in [0.3, 0.4) is 0 Å². The van der Waals surface area contributed by atoms with Crippen molar-refractivity contribution >= 4 is 39.7 Å². The molecule has 3 rings (SSSR count). The van der Waals surface area contributed by atoms with E-state index < -0.39 is 16.9 Å². The Balaban J connectivity index is 1.98. The van der Waals surface area contributed by atoms with Crippen LogP contribution in [0.25, 0.3) is 0 Å². The number of hydrogen-bond acceptors (Lipinski definition) is 8. The number of thiazole rings is 1. The van der Waals surface area contributed by atoms with Gasteiger partial charge >= 0.3 is 5.97 Å². The number of thiol groups is 1. The molecular formula is C24H24N2O6S2. The van der Waals surface area contributed by atoms with Crippen molar-refractivity contribution in [2.75, 3.05) is 25.6 Å². The molecule has 0 saturated carbocycles. The smallest absolute Gasteiger partial charge is 0.337 e. The Hall–Kier alpha value is -3.55. The van der Waals surface area contributed by atoms with Gasteiger partial charge in [0.2, 0.25) is 10.9 Å². The zero-order valence-corrected chi connectivity index (χ0v) is 21.0. The summed E-state index contributed by atoms with van der Waals surface area (Å²) in [6.07, 6.45) is 0. The first-order chi connectivity index (χ1) is 16.3. The maximum Gasteiger partial charge on any atom is 0.337 e. The summed E-state index contributed by atoms with van der Waals surface area (Å²) in [5, 5.41) is 2.05. The summed E-state index contributed by atoms with van der Waals surface area (Å²) in [4.78, 5) is 16.2. The van der Waals surface area contributed by atoms with Gasteiger partial charge < -0.3 is 14.2 Å². The number of ether oxygens (including phenoxy) is 3. The van der Waals surface area contributed by atoms with Crippen LogP contribution >= 0.6 is 11.3 Å². The van der Waals surface area contributed by atoms with Crippen molar-refractivity contribution in [1.29, 1.82) is 0 Å². The molecule has 0 unspecified atom stereocenters. The number of aromatic nitrogens is 1. The molecule has 0 bridgehead atoms. The molecule has 0 amide bonds. The normalized spacial score (nSPS) is 10.6. The summed E-state index contributed by atoms with van der Waals surface area (Å²) in [6, 6.07) is 10.0. The SMILES string of the molecule is COC(=O)c1ccc(N(c2csc(C#Cc3ccc(OC)cc3C(C)C)n2)[SH](=O)=O)c(OC)c1. The fraction of sp³-hybridized carbons (Fsp3) is 0.250. The number of nitrogens with zero attached hydrogens (tertiary/aromatic N) is 2. The van der Waals surface area contributed by atoms with E-state index in [0.29, 0.717) is 5.01 Å². The van der Waals surface area contributed by atoms with Crippen molar-refractivity contribution < 1.29 is 27.4 Å². The summed E-state index contributed by atoms with van der Waals surface area (Å²) in [7, 11) is 1.16. The van der Waals surface area contributed by atoms with Gasteiger partial charge in [-0.2, -0.15) is 0 Å². The van der Waals surface area contributed by atoms with Crippen LogP contribution in [0.2, 0.25) is 0 Å². The van der Waals surface area contributed by atoms with Crippen molar-refractivity contribution in [2.24, 2.45) is 0 Å². The monoisotopic (exact) mass is 500 g/mol. The molecule has 0 fully saturated rings. The molecule has 178 valence electrons. The number of esters is 1. The predicted octanol–water partition coefficient (Wildman–Crippen LogP) is 4.13. The van der Waals surface area contributed by atoms with Crippen LogP contribution in [0, 0.1) is 11.8 Å². The lowest BCUT2D eigenvalue weighted by molar-refractivity contribution is 0.0600. The van der Waals surface area contributed by atoms with Gasteiger partial charge in [-0.05, 0) is 53.8 Å². The molecule has 3 aromatic rings. The molecule has 0 atom stereocenters. The van der Waals surface area contributed by atoms with Crippen LogP contribution in [0.1, 0.15) is 46.3 Å². The molecule has 8 nitrogen and oxygen atoms in total. The lowest BCUT2D eigenvalue weighted by Crippen LogP contribution is -2.16. The maximum atomic E-state index is 12.1. The van der Waals surface area contributed by atoms with E-state index in [2.05, 4.69) is 30.7 Å². The molecule has 0 N–H and O–H groups in total. The van der Waals surface area contributed by atoms with E-state index in [0.717, 1.165) is 21.2 Å². The summed E-state index contributed by atoms with van der Waals surface area (Å²) in [5.41, 5.74) is 2.34. The van der Waals surface area contributed by atoms with E-state index in [1.165, 1.54) is 43.8 Å². The summed E-state index contributed by atoms with van der Waals surface area (Å²) >= 11 is 1.22. The van der Waals surface area contributed by atoms with Crippen LogP contribution < -0.4 is 13.8 Å². The van der Waals surface area contributed by atoms with Gasteiger partial charge in [0.15, 0.2) is 10.8 Å². The van der Waals surface area contributed by atoms with Crippen molar-refractivity contribution in [3.63, 3.8) is 0 Å². The van der Waals surface area contributed by atoms with Crippen LogP contribution in [0.5, 0.6) is 11.5 Å². The average Bonchev–Trinajstić information content (AvgIpc) is 3.30. The molecule has 0 aliphatic heterocycles. The lowest BCUT2D eigenvalue weighted by Gasteiger charge is -2.18. The highest BCUT2D eigenvalue weighted by molar-refractivity contribution is 7.74. The number of carbonyl (C=O) groups is 1. The molecule has 0 aliphatic carbocycles. The predicted molar refractivity (Wildman–Crippen MR) is 132 cm³/mol. The van der Waals surface area contributed by atoms with Gasteiger partial charge in [-0.3, -0.25) is 0 Å². The van der Waals surface area contributed by atoms with Crippen molar-refractivity contribution in [3.8, 4) is 23.3 Å². The van der Waals surface area contributed by atoms with Crippen LogP contribution in [0.15, 0.2) is 41.8 Å². The lowest BCUT2D eigenvalue weighted by atomic mass is 9.97. The number of carbonyl (C=O) groups excluding carboxylic acids is 1. The molecule has 0 radical (unpaired) electrons. The van der Waals surface area contributed by atoms with E-state index >= 15 is 0 Å². The van der Waals surface area contributed by atoms with Gasteiger partial charge in [-0.1, -0.05) is 19.8 Å². The van der Waals surface area contributed by atoms with Gasteiger partial charge in [0, 0.05) is 10.9 Å². The third kappa shape index (κ3) is 5.50. The van der Waals surface area contributed by atoms with E-state index in [1.54, 1.807) is 12.5 Å². The summed E-state index contributed by atoms with van der Waals surface area (Å²) < 4.78 is 40.6. The second-order valence-electron chi connectivity index (χ2n) is 7.30. The van der Waals surface area contributed by atoms with Crippen LogP contribution in [-0.2, 0) is 15.6 Å². The average molecular weight is 501 g/mol. The van der Waals surface area contributed by atoms with Gasteiger partial charge in [0.25, 0.3) is 0 Å². The highest BCUT2D eigenvalue weighted by Crippen LogP contribution is 2.35. The van der Waals surface area contributed by atoms with Gasteiger partial charge in [0.05, 0.1) is 26.9 Å². The number of hydrogen-bond donors (Lipinski definition) is 1. The van der Waals surface area contributed by atoms with Crippen molar-refractivity contribution in [3.05, 3.63) is 63.5 Å². The molecule has 1 aromatic heterocycles. The molecule has 1 heterocycles. The Morgan fingerprint density at radius 1 is 1.06 bits per heavy atom. The minimum Gasteiger partial charge on any atom is -0.497 e. The van der Waals surface area contributed by atoms with Crippen LogP contribution in [-0.4, -0.2) is 40.7 Å². The Morgan fingerprint density at radius 3 is 2.44 bits per heavy atom. The van der Waals surface area contributed by atoms with Crippen LogP contribution in [0.4, 0.5) is 11.5 Å². The first-order valence-electron chi connectivity index (χ1n) is 10.1. The number of methoxy groups -OCH3 is 3. The highest BCUT2D eigenvalue weighted by atomic mass is 32.2. The van der Waals surface area contributed by atoms with Gasteiger partial charge in [-0.15, -0.1) is 11.3 Å². The third-order valence-electron chi connectivity index (χ3n) is 4.89. The Bertz CT molecular complexity index is 1330. The zero-order chi connectivity index (χ0) is 24.8. The quantitative estimate of drug-likeness (QED) is 0.296. The van der Waals surface area contributed by atoms with Gasteiger partial charge in [-0.25, -0.2) is 22.5 Å². The standard InChI is InChI=1S/C24H24N2O6S2/c1-15(2)19-13-18(30-3)9-6-16(19)8-11-23-25-22(14-33-23)26(34(28)29)20-10-7-17(24(27)32-5)12-21(20)31-4/h6-7,9-10,12-15,34H,1-5H3. The summed E-state index contributed by atoms with van der Waals surface area (Å²) in [6.45, 7) is 4.14. The largest absolute Gasteiger partial charge is 0.497 e. The number of anilines is 2. The molecule has 34 heavy (non-hydrogen) atoms. The molecule has 2 aromatic carbocycles. The molecule has 0 saturated heterocycles. The number of benzene rings is 2. The fourth-order valence-corrected chi connectivity index (χ4v) is 4.51.